The minimum atomic E-state index is -1.16. The summed E-state index contributed by atoms with van der Waals surface area (Å²) >= 11 is 5.89. The molecule has 0 fully saturated rings. The molecule has 0 spiro atoms. The van der Waals surface area contributed by atoms with E-state index in [1.165, 1.54) is 4.90 Å². The number of rotatable bonds is 5. The number of hydrogen-bond acceptors (Lipinski definition) is 4. The molecule has 2 aromatic carbocycles. The summed E-state index contributed by atoms with van der Waals surface area (Å²) in [5.74, 6) is -1.69. The van der Waals surface area contributed by atoms with E-state index < -0.39 is 35.7 Å². The molecule has 1 aliphatic rings. The van der Waals surface area contributed by atoms with Crippen molar-refractivity contribution in [3.05, 3.63) is 70.2 Å². The summed E-state index contributed by atoms with van der Waals surface area (Å²) in [5.41, 5.74) is 1.86. The molecule has 8 heteroatoms. The van der Waals surface area contributed by atoms with Crippen LogP contribution >= 0.6 is 11.6 Å². The van der Waals surface area contributed by atoms with E-state index in [-0.39, 0.29) is 19.4 Å². The summed E-state index contributed by atoms with van der Waals surface area (Å²) in [6.07, 6.45) is -0.251. The van der Waals surface area contributed by atoms with Gasteiger partial charge in [-0.1, -0.05) is 48.0 Å². The first-order chi connectivity index (χ1) is 15.0. The Bertz CT molecular complexity index is 1000. The van der Waals surface area contributed by atoms with Gasteiger partial charge in [-0.25, -0.2) is 9.59 Å². The molecule has 2 amide bonds. The van der Waals surface area contributed by atoms with Crippen LogP contribution < -0.4 is 5.32 Å². The van der Waals surface area contributed by atoms with Gasteiger partial charge in [0.25, 0.3) is 0 Å². The number of aliphatic carboxylic acids is 1. The Balaban J connectivity index is 1.82. The highest BCUT2D eigenvalue weighted by Gasteiger charge is 2.38. The van der Waals surface area contributed by atoms with Gasteiger partial charge < -0.3 is 15.2 Å². The monoisotopic (exact) mass is 458 g/mol. The number of fused-ring (bicyclic) bond motifs is 1. The van der Waals surface area contributed by atoms with Crippen LogP contribution in [0.5, 0.6) is 0 Å². The van der Waals surface area contributed by atoms with Crippen molar-refractivity contribution >= 4 is 29.6 Å². The van der Waals surface area contributed by atoms with E-state index in [9.17, 15) is 19.5 Å². The molecule has 0 aromatic heterocycles. The van der Waals surface area contributed by atoms with Crippen molar-refractivity contribution in [2.75, 3.05) is 0 Å². The van der Waals surface area contributed by atoms with Crippen LogP contribution in [0, 0.1) is 0 Å². The number of carbonyl (C=O) groups is 3. The number of nitrogens with one attached hydrogen (secondary N) is 1. The van der Waals surface area contributed by atoms with E-state index in [0.717, 1.165) is 16.7 Å². The Hall–Kier alpha value is -3.06. The molecule has 1 heterocycles. The van der Waals surface area contributed by atoms with E-state index in [2.05, 4.69) is 5.32 Å². The first-order valence-electron chi connectivity index (χ1n) is 10.4. The summed E-state index contributed by atoms with van der Waals surface area (Å²) in [6.45, 7) is 5.47. The van der Waals surface area contributed by atoms with Gasteiger partial charge in [-0.2, -0.15) is 0 Å². The van der Waals surface area contributed by atoms with Crippen LogP contribution in [0.15, 0.2) is 48.5 Å². The Labute approximate surface area is 192 Å². The first kappa shape index (κ1) is 23.6. The van der Waals surface area contributed by atoms with Crippen molar-refractivity contribution < 1.29 is 24.2 Å². The highest BCUT2D eigenvalue weighted by Crippen LogP contribution is 2.25. The third-order valence-corrected chi connectivity index (χ3v) is 5.40. The van der Waals surface area contributed by atoms with Gasteiger partial charge in [0.15, 0.2) is 0 Å². The molecular formula is C24H27ClN2O5. The van der Waals surface area contributed by atoms with Crippen molar-refractivity contribution in [3.8, 4) is 0 Å². The average molecular weight is 459 g/mol. The fraction of sp³-hybridized carbons (Fsp3) is 0.375. The van der Waals surface area contributed by atoms with Crippen LogP contribution in [-0.4, -0.2) is 45.7 Å². The van der Waals surface area contributed by atoms with E-state index >= 15 is 0 Å². The molecule has 2 N–H and O–H groups in total. The van der Waals surface area contributed by atoms with Crippen molar-refractivity contribution in [2.24, 2.45) is 0 Å². The predicted molar refractivity (Wildman–Crippen MR) is 120 cm³/mol. The molecule has 7 nitrogen and oxygen atoms in total. The zero-order valence-electron chi connectivity index (χ0n) is 18.3. The quantitative estimate of drug-likeness (QED) is 0.710. The van der Waals surface area contributed by atoms with Gasteiger partial charge in [0.2, 0.25) is 5.91 Å². The normalized spacial score (nSPS) is 16.6. The lowest BCUT2D eigenvalue weighted by atomic mass is 9.93. The van der Waals surface area contributed by atoms with Crippen molar-refractivity contribution in [3.63, 3.8) is 0 Å². The van der Waals surface area contributed by atoms with Crippen LogP contribution in [-0.2, 0) is 33.7 Å². The molecule has 0 saturated carbocycles. The summed E-state index contributed by atoms with van der Waals surface area (Å²) in [6, 6.07) is 12.3. The summed E-state index contributed by atoms with van der Waals surface area (Å²) in [4.78, 5) is 39.3. The standard InChI is InChI=1S/C24H27ClN2O5/c1-24(2,3)32-23(31)27-14-17-7-5-4-6-16(17)13-20(27)21(28)26-19(22(29)30)12-15-8-10-18(25)11-9-15/h4-11,19-20H,12-14H2,1-3H3,(H,26,28)(H,29,30)/t19-,20+/m1/s1. The highest BCUT2D eigenvalue weighted by molar-refractivity contribution is 6.30. The summed E-state index contributed by atoms with van der Waals surface area (Å²) in [5, 5.41) is 12.8. The smallest absolute Gasteiger partial charge is 0.411 e. The Morgan fingerprint density at radius 1 is 1.12 bits per heavy atom. The summed E-state index contributed by atoms with van der Waals surface area (Å²) in [7, 11) is 0. The van der Waals surface area contributed by atoms with E-state index in [1.54, 1.807) is 45.0 Å². The second-order valence-corrected chi connectivity index (χ2v) is 9.26. The second-order valence-electron chi connectivity index (χ2n) is 8.83. The van der Waals surface area contributed by atoms with Crippen molar-refractivity contribution in [1.82, 2.24) is 10.2 Å². The van der Waals surface area contributed by atoms with Gasteiger partial charge in [0.1, 0.15) is 17.7 Å². The Morgan fingerprint density at radius 3 is 2.34 bits per heavy atom. The topological polar surface area (TPSA) is 95.9 Å². The Kier molecular flexibility index (Phi) is 7.09. The lowest BCUT2D eigenvalue weighted by molar-refractivity contribution is -0.142. The molecule has 170 valence electrons. The Morgan fingerprint density at radius 2 is 1.75 bits per heavy atom. The first-order valence-corrected chi connectivity index (χ1v) is 10.8. The molecule has 2 atom stereocenters. The number of benzene rings is 2. The number of halogens is 1. The maximum absolute atomic E-state index is 13.2. The minimum absolute atomic E-state index is 0.0913. The van der Waals surface area contributed by atoms with Crippen molar-refractivity contribution in [2.45, 2.75) is 57.8 Å². The van der Waals surface area contributed by atoms with Gasteiger partial charge >= 0.3 is 12.1 Å². The van der Waals surface area contributed by atoms with Crippen LogP contribution in [0.4, 0.5) is 4.79 Å². The zero-order valence-corrected chi connectivity index (χ0v) is 19.1. The van der Waals surface area contributed by atoms with Gasteiger partial charge in [-0.15, -0.1) is 0 Å². The third kappa shape index (κ3) is 6.01. The number of ether oxygens (including phenoxy) is 1. The molecule has 3 rings (SSSR count). The van der Waals surface area contributed by atoms with Crippen LogP contribution in [0.2, 0.25) is 5.02 Å². The number of carboxylic acids is 1. The van der Waals surface area contributed by atoms with Crippen LogP contribution in [0.3, 0.4) is 0 Å². The van der Waals surface area contributed by atoms with Gasteiger partial charge in [-0.3, -0.25) is 9.69 Å². The third-order valence-electron chi connectivity index (χ3n) is 5.15. The largest absolute Gasteiger partial charge is 0.480 e. The molecule has 1 aliphatic heterocycles. The van der Waals surface area contributed by atoms with Crippen LogP contribution in [0.25, 0.3) is 0 Å². The van der Waals surface area contributed by atoms with E-state index in [4.69, 9.17) is 16.3 Å². The molecule has 0 unspecified atom stereocenters. The molecule has 0 saturated heterocycles. The lowest BCUT2D eigenvalue weighted by Gasteiger charge is -2.37. The molecule has 32 heavy (non-hydrogen) atoms. The zero-order chi connectivity index (χ0) is 23.5. The highest BCUT2D eigenvalue weighted by atomic mass is 35.5. The second kappa shape index (κ2) is 9.61. The number of hydrogen-bond donors (Lipinski definition) is 2. The SMILES string of the molecule is CC(C)(C)OC(=O)N1Cc2ccccc2C[C@H]1C(=O)N[C@H](Cc1ccc(Cl)cc1)C(=O)O. The summed E-state index contributed by atoms with van der Waals surface area (Å²) < 4.78 is 5.51. The molecular weight excluding hydrogens is 432 g/mol. The number of amides is 2. The lowest BCUT2D eigenvalue weighted by Crippen LogP contribution is -2.56. The van der Waals surface area contributed by atoms with E-state index in [0.29, 0.717) is 5.02 Å². The van der Waals surface area contributed by atoms with Gasteiger partial charge in [0.05, 0.1) is 6.54 Å². The average Bonchev–Trinajstić information content (AvgIpc) is 2.72. The van der Waals surface area contributed by atoms with Gasteiger partial charge in [0, 0.05) is 17.9 Å². The molecule has 0 aliphatic carbocycles. The fourth-order valence-corrected chi connectivity index (χ4v) is 3.72. The maximum atomic E-state index is 13.2. The molecule has 0 radical (unpaired) electrons. The maximum Gasteiger partial charge on any atom is 0.411 e. The van der Waals surface area contributed by atoms with Crippen molar-refractivity contribution in [1.29, 1.82) is 0 Å². The van der Waals surface area contributed by atoms with E-state index in [1.807, 2.05) is 24.3 Å². The van der Waals surface area contributed by atoms with Gasteiger partial charge in [-0.05, 0) is 49.6 Å². The predicted octanol–water partition coefficient (Wildman–Crippen LogP) is 3.81. The molecule has 2 aromatic rings. The molecule has 0 bridgehead atoms. The van der Waals surface area contributed by atoms with Crippen LogP contribution in [0.1, 0.15) is 37.5 Å². The minimum Gasteiger partial charge on any atom is -0.480 e. The number of carboxylic acid groups (broad SMARTS) is 1. The fourth-order valence-electron chi connectivity index (χ4n) is 3.59. The number of nitrogens with zero attached hydrogens (tertiary/aromatic N) is 1. The number of carbonyl (C=O) groups excluding carboxylic acids is 2.